The van der Waals surface area contributed by atoms with E-state index in [4.69, 9.17) is 0 Å². The number of carbonyl (C=O) groups is 1. The van der Waals surface area contributed by atoms with Crippen molar-refractivity contribution in [3.8, 4) is 0 Å². The van der Waals surface area contributed by atoms with Gasteiger partial charge in [0.15, 0.2) is 0 Å². The lowest BCUT2D eigenvalue weighted by atomic mass is 10.2. The third kappa shape index (κ3) is 2.44. The van der Waals surface area contributed by atoms with Gasteiger partial charge in [0.2, 0.25) is 5.91 Å². The topological polar surface area (TPSA) is 32.3 Å². The molecule has 0 aromatic carbocycles. The molecule has 1 aliphatic heterocycles. The monoisotopic (exact) mass is 238 g/mol. The lowest BCUT2D eigenvalue weighted by molar-refractivity contribution is -0.131. The molecule has 1 unspecified atom stereocenters. The highest BCUT2D eigenvalue weighted by Gasteiger charge is 2.29. The molecule has 3 nitrogen and oxygen atoms in total. The summed E-state index contributed by atoms with van der Waals surface area (Å²) in [7, 11) is 0. The summed E-state index contributed by atoms with van der Waals surface area (Å²) in [4.78, 5) is 15.3. The highest BCUT2D eigenvalue weighted by atomic mass is 32.1. The highest BCUT2D eigenvalue weighted by molar-refractivity contribution is 7.10. The number of rotatable bonds is 4. The van der Waals surface area contributed by atoms with Crippen molar-refractivity contribution in [2.75, 3.05) is 19.6 Å². The van der Waals surface area contributed by atoms with Gasteiger partial charge in [-0.15, -0.1) is 11.3 Å². The first kappa shape index (κ1) is 11.6. The Morgan fingerprint density at radius 2 is 2.56 bits per heavy atom. The van der Waals surface area contributed by atoms with E-state index in [0.717, 1.165) is 25.9 Å². The Bertz CT molecular complexity index is 337. The molecule has 1 amide bonds. The van der Waals surface area contributed by atoms with Gasteiger partial charge in [-0.05, 0) is 30.8 Å². The van der Waals surface area contributed by atoms with Crippen molar-refractivity contribution in [2.24, 2.45) is 0 Å². The summed E-state index contributed by atoms with van der Waals surface area (Å²) >= 11 is 1.75. The first-order valence-electron chi connectivity index (χ1n) is 5.86. The maximum absolute atomic E-state index is 12.0. The quantitative estimate of drug-likeness (QED) is 0.870. The van der Waals surface area contributed by atoms with E-state index in [-0.39, 0.29) is 5.91 Å². The molecule has 1 atom stereocenters. The minimum absolute atomic E-state index is 0.234. The van der Waals surface area contributed by atoms with Crippen LogP contribution in [0.15, 0.2) is 17.5 Å². The van der Waals surface area contributed by atoms with Crippen LogP contribution in [0.25, 0.3) is 0 Å². The Morgan fingerprint density at radius 3 is 3.25 bits per heavy atom. The van der Waals surface area contributed by atoms with Crippen LogP contribution < -0.4 is 5.32 Å². The van der Waals surface area contributed by atoms with E-state index in [1.54, 1.807) is 11.3 Å². The summed E-state index contributed by atoms with van der Waals surface area (Å²) in [5.41, 5.74) is 0. The number of carbonyl (C=O) groups excluding carboxylic acids is 1. The molecule has 2 rings (SSSR count). The number of hydrogen-bond donors (Lipinski definition) is 1. The van der Waals surface area contributed by atoms with Crippen molar-refractivity contribution in [3.63, 3.8) is 0 Å². The molecule has 1 fully saturated rings. The normalized spacial score (nSPS) is 20.3. The second-order valence-electron chi connectivity index (χ2n) is 4.04. The average Bonchev–Trinajstić information content (AvgIpc) is 2.94. The zero-order valence-corrected chi connectivity index (χ0v) is 10.4. The number of likely N-dealkylation sites (N-methyl/N-ethyl adjacent to an activating group) is 1. The molecule has 1 saturated heterocycles. The molecule has 0 saturated carbocycles. The third-order valence-corrected chi connectivity index (χ3v) is 3.94. The maximum atomic E-state index is 12.0. The minimum atomic E-state index is 0.234. The summed E-state index contributed by atoms with van der Waals surface area (Å²) in [5, 5.41) is 5.19. The Hall–Kier alpha value is -0.870. The van der Waals surface area contributed by atoms with Gasteiger partial charge in [0, 0.05) is 11.4 Å². The molecule has 88 valence electrons. The Morgan fingerprint density at radius 1 is 1.69 bits per heavy atom. The van der Waals surface area contributed by atoms with Crippen LogP contribution in [0.5, 0.6) is 0 Å². The van der Waals surface area contributed by atoms with Crippen molar-refractivity contribution in [2.45, 2.75) is 25.8 Å². The van der Waals surface area contributed by atoms with Crippen LogP contribution in [0.4, 0.5) is 0 Å². The van der Waals surface area contributed by atoms with E-state index in [2.05, 4.69) is 22.8 Å². The van der Waals surface area contributed by atoms with Gasteiger partial charge in [-0.1, -0.05) is 13.0 Å². The van der Waals surface area contributed by atoms with Gasteiger partial charge >= 0.3 is 0 Å². The van der Waals surface area contributed by atoms with Crippen LogP contribution in [0.1, 0.15) is 30.7 Å². The summed E-state index contributed by atoms with van der Waals surface area (Å²) in [6, 6.07) is 4.52. The fraction of sp³-hybridized carbons (Fsp3) is 0.583. The van der Waals surface area contributed by atoms with Gasteiger partial charge in [0.05, 0.1) is 12.6 Å². The number of likely N-dealkylation sites (tertiary alicyclic amines) is 1. The number of nitrogens with zero attached hydrogens (tertiary/aromatic N) is 1. The number of hydrogen-bond acceptors (Lipinski definition) is 3. The second-order valence-corrected chi connectivity index (χ2v) is 5.02. The summed E-state index contributed by atoms with van der Waals surface area (Å²) in [6.45, 7) is 4.25. The lowest BCUT2D eigenvalue weighted by Crippen LogP contribution is -2.37. The summed E-state index contributed by atoms with van der Waals surface area (Å²) < 4.78 is 0. The highest BCUT2D eigenvalue weighted by Crippen LogP contribution is 2.34. The maximum Gasteiger partial charge on any atom is 0.237 e. The molecule has 4 heteroatoms. The molecular formula is C12H18N2OS. The van der Waals surface area contributed by atoms with E-state index in [0.29, 0.717) is 12.6 Å². The molecule has 0 radical (unpaired) electrons. The first-order valence-corrected chi connectivity index (χ1v) is 6.74. The predicted molar refractivity (Wildman–Crippen MR) is 66.6 cm³/mol. The van der Waals surface area contributed by atoms with Crippen molar-refractivity contribution in [1.29, 1.82) is 0 Å². The molecule has 1 aromatic heterocycles. The van der Waals surface area contributed by atoms with Crippen LogP contribution in [0, 0.1) is 0 Å². The van der Waals surface area contributed by atoms with Gasteiger partial charge in [0.25, 0.3) is 0 Å². The average molecular weight is 238 g/mol. The first-order chi connectivity index (χ1) is 7.83. The van der Waals surface area contributed by atoms with Crippen LogP contribution in [0.3, 0.4) is 0 Å². The summed E-state index contributed by atoms with van der Waals surface area (Å²) in [6.07, 6.45) is 2.23. The van der Waals surface area contributed by atoms with E-state index in [1.165, 1.54) is 4.88 Å². The van der Waals surface area contributed by atoms with E-state index < -0.39 is 0 Å². The molecular weight excluding hydrogens is 220 g/mol. The summed E-state index contributed by atoms with van der Waals surface area (Å²) in [5.74, 6) is 0.234. The second kappa shape index (κ2) is 5.46. The van der Waals surface area contributed by atoms with Gasteiger partial charge < -0.3 is 10.2 Å². The van der Waals surface area contributed by atoms with Gasteiger partial charge in [-0.2, -0.15) is 0 Å². The van der Waals surface area contributed by atoms with Crippen LogP contribution in [-0.4, -0.2) is 30.4 Å². The molecule has 1 aliphatic rings. The molecule has 1 N–H and O–H groups in total. The van der Waals surface area contributed by atoms with Crippen molar-refractivity contribution in [1.82, 2.24) is 10.2 Å². The number of nitrogens with one attached hydrogen (secondary N) is 1. The molecule has 0 spiro atoms. The van der Waals surface area contributed by atoms with E-state index in [1.807, 2.05) is 11.8 Å². The largest absolute Gasteiger partial charge is 0.334 e. The molecule has 0 bridgehead atoms. The molecule has 1 aromatic rings. The van der Waals surface area contributed by atoms with E-state index >= 15 is 0 Å². The van der Waals surface area contributed by atoms with Gasteiger partial charge in [-0.3, -0.25) is 4.79 Å². The zero-order valence-electron chi connectivity index (χ0n) is 9.61. The van der Waals surface area contributed by atoms with Crippen LogP contribution >= 0.6 is 11.3 Å². The Kier molecular flexibility index (Phi) is 3.96. The Labute approximate surface area is 100 Å². The number of thiophene rings is 1. The third-order valence-electron chi connectivity index (χ3n) is 2.97. The molecule has 16 heavy (non-hydrogen) atoms. The molecule has 2 heterocycles. The van der Waals surface area contributed by atoms with Crippen LogP contribution in [-0.2, 0) is 4.79 Å². The van der Waals surface area contributed by atoms with E-state index in [9.17, 15) is 4.79 Å². The number of amides is 1. The lowest BCUT2D eigenvalue weighted by Gasteiger charge is -2.24. The zero-order chi connectivity index (χ0) is 11.4. The van der Waals surface area contributed by atoms with Crippen molar-refractivity contribution in [3.05, 3.63) is 22.4 Å². The van der Waals surface area contributed by atoms with Crippen molar-refractivity contribution >= 4 is 17.2 Å². The van der Waals surface area contributed by atoms with Crippen LogP contribution in [0.2, 0.25) is 0 Å². The standard InChI is InChI=1S/C12H18N2OS/c1-2-13-9-12(15)14-7-3-5-10(14)11-6-4-8-16-11/h4,6,8,10,13H,2-3,5,7,9H2,1H3. The SMILES string of the molecule is CCNCC(=O)N1CCCC1c1cccs1. The predicted octanol–water partition coefficient (Wildman–Crippen LogP) is 2.02. The van der Waals surface area contributed by atoms with Crippen molar-refractivity contribution < 1.29 is 4.79 Å². The Balaban J connectivity index is 2.01. The van der Waals surface area contributed by atoms with Gasteiger partial charge in [0.1, 0.15) is 0 Å². The van der Waals surface area contributed by atoms with Gasteiger partial charge in [-0.25, -0.2) is 0 Å². The smallest absolute Gasteiger partial charge is 0.237 e. The fourth-order valence-corrected chi connectivity index (χ4v) is 3.05. The fourth-order valence-electron chi connectivity index (χ4n) is 2.18. The molecule has 0 aliphatic carbocycles. The minimum Gasteiger partial charge on any atom is -0.334 e.